The van der Waals surface area contributed by atoms with E-state index in [0.717, 1.165) is 13.1 Å². The van der Waals surface area contributed by atoms with Crippen LogP contribution < -0.4 is 5.32 Å². The minimum absolute atomic E-state index is 0.258. The van der Waals surface area contributed by atoms with Gasteiger partial charge >= 0.3 is 0 Å². The lowest BCUT2D eigenvalue weighted by atomic mass is 10.2. The largest absolute Gasteiger partial charge is 0.343 e. The van der Waals surface area contributed by atoms with Gasteiger partial charge < -0.3 is 10.2 Å². The van der Waals surface area contributed by atoms with Crippen LogP contribution in [0.2, 0.25) is 0 Å². The van der Waals surface area contributed by atoms with Crippen LogP contribution in [0.1, 0.15) is 26.7 Å². The number of hydrogen-bond donors (Lipinski definition) is 1. The van der Waals surface area contributed by atoms with E-state index in [1.54, 1.807) is 0 Å². The molecule has 1 saturated heterocycles. The molecule has 0 spiro atoms. The Balaban J connectivity index is 2.20. The lowest BCUT2D eigenvalue weighted by molar-refractivity contribution is -0.128. The first kappa shape index (κ1) is 12.8. The average molecular weight is 230 g/mol. The Morgan fingerprint density at radius 3 is 2.60 bits per heavy atom. The van der Waals surface area contributed by atoms with Gasteiger partial charge in [0.2, 0.25) is 5.91 Å². The molecule has 1 rings (SSSR count). The summed E-state index contributed by atoms with van der Waals surface area (Å²) < 4.78 is 0. The molecule has 1 aliphatic rings. The summed E-state index contributed by atoms with van der Waals surface area (Å²) in [5, 5.41) is 4.01. The monoisotopic (exact) mass is 230 g/mol. The van der Waals surface area contributed by atoms with E-state index in [1.807, 2.05) is 37.6 Å². The van der Waals surface area contributed by atoms with Gasteiger partial charge in [-0.3, -0.25) is 4.79 Å². The van der Waals surface area contributed by atoms with Gasteiger partial charge in [0.1, 0.15) is 0 Å². The van der Waals surface area contributed by atoms with Crippen LogP contribution in [0, 0.1) is 0 Å². The Kier molecular flexibility index (Phi) is 5.47. The predicted octanol–water partition coefficient (Wildman–Crippen LogP) is 1.34. The van der Waals surface area contributed by atoms with Crippen molar-refractivity contribution in [1.82, 2.24) is 10.2 Å². The van der Waals surface area contributed by atoms with Gasteiger partial charge in [-0.05, 0) is 39.8 Å². The minimum Gasteiger partial charge on any atom is -0.343 e. The molecule has 0 aliphatic carbocycles. The molecule has 1 amide bonds. The van der Waals surface area contributed by atoms with Crippen molar-refractivity contribution in [3.05, 3.63) is 0 Å². The standard InChI is InChI=1S/C11H22N2OS/c1-9(2)13(3)11(14)8-15-10-4-6-12-7-5-10/h9-10,12H,4-8H2,1-3H3. The zero-order valence-electron chi connectivity index (χ0n) is 9.95. The van der Waals surface area contributed by atoms with Gasteiger partial charge in [-0.25, -0.2) is 0 Å². The van der Waals surface area contributed by atoms with Crippen molar-refractivity contribution in [2.45, 2.75) is 38.0 Å². The summed E-state index contributed by atoms with van der Waals surface area (Å²) in [7, 11) is 1.88. The maximum Gasteiger partial charge on any atom is 0.232 e. The van der Waals surface area contributed by atoms with Gasteiger partial charge in [0.15, 0.2) is 0 Å². The number of nitrogens with one attached hydrogen (secondary N) is 1. The summed E-state index contributed by atoms with van der Waals surface area (Å²) in [6, 6.07) is 0.311. The maximum atomic E-state index is 11.7. The molecule has 4 heteroatoms. The summed E-state index contributed by atoms with van der Waals surface area (Å²) in [4.78, 5) is 13.5. The highest BCUT2D eigenvalue weighted by molar-refractivity contribution is 8.00. The summed E-state index contributed by atoms with van der Waals surface area (Å²) in [6.07, 6.45) is 2.40. The van der Waals surface area contributed by atoms with Crippen molar-refractivity contribution < 1.29 is 4.79 Å². The Bertz CT molecular complexity index is 203. The number of carbonyl (C=O) groups is 1. The maximum absolute atomic E-state index is 11.7. The predicted molar refractivity (Wildman–Crippen MR) is 66.3 cm³/mol. The first-order valence-electron chi connectivity index (χ1n) is 5.69. The first-order valence-corrected chi connectivity index (χ1v) is 6.74. The molecule has 0 radical (unpaired) electrons. The highest BCUT2D eigenvalue weighted by Crippen LogP contribution is 2.20. The molecule has 15 heavy (non-hydrogen) atoms. The molecule has 88 valence electrons. The normalized spacial score (nSPS) is 18.1. The van der Waals surface area contributed by atoms with Gasteiger partial charge in [-0.2, -0.15) is 0 Å². The van der Waals surface area contributed by atoms with Crippen molar-refractivity contribution in [2.75, 3.05) is 25.9 Å². The number of hydrogen-bond acceptors (Lipinski definition) is 3. The number of carbonyl (C=O) groups excluding carboxylic acids is 1. The summed E-state index contributed by atoms with van der Waals surface area (Å²) in [5.41, 5.74) is 0. The van der Waals surface area contributed by atoms with Crippen LogP contribution in [0.25, 0.3) is 0 Å². The molecule has 0 aromatic heterocycles. The quantitative estimate of drug-likeness (QED) is 0.791. The van der Waals surface area contributed by atoms with Crippen LogP contribution >= 0.6 is 11.8 Å². The molecule has 3 nitrogen and oxygen atoms in total. The summed E-state index contributed by atoms with van der Waals surface area (Å²) in [5.74, 6) is 0.896. The van der Waals surface area contributed by atoms with Gasteiger partial charge in [0, 0.05) is 18.3 Å². The third kappa shape index (κ3) is 4.43. The average Bonchev–Trinajstić information content (AvgIpc) is 2.26. The topological polar surface area (TPSA) is 32.3 Å². The number of amides is 1. The Hall–Kier alpha value is -0.220. The number of nitrogens with zero attached hydrogens (tertiary/aromatic N) is 1. The fourth-order valence-electron chi connectivity index (χ4n) is 1.54. The molecule has 0 bridgehead atoms. The van der Waals surface area contributed by atoms with Crippen LogP contribution in [0.3, 0.4) is 0 Å². The molecule has 0 atom stereocenters. The van der Waals surface area contributed by atoms with Crippen molar-refractivity contribution >= 4 is 17.7 Å². The Labute approximate surface area is 97.0 Å². The molecule has 0 aromatic carbocycles. The van der Waals surface area contributed by atoms with Crippen LogP contribution in [-0.4, -0.2) is 48.0 Å². The molecule has 0 saturated carbocycles. The molecule has 1 aliphatic heterocycles. The molecule has 1 fully saturated rings. The van der Waals surface area contributed by atoms with Crippen molar-refractivity contribution in [2.24, 2.45) is 0 Å². The highest BCUT2D eigenvalue weighted by atomic mass is 32.2. The molecule has 0 aromatic rings. The third-order valence-corrected chi connectivity index (χ3v) is 4.25. The minimum atomic E-state index is 0.258. The van der Waals surface area contributed by atoms with Crippen LogP contribution in [0.15, 0.2) is 0 Å². The number of rotatable bonds is 4. The SMILES string of the molecule is CC(C)N(C)C(=O)CSC1CCNCC1. The molecular formula is C11H22N2OS. The number of thioether (sulfide) groups is 1. The van der Waals surface area contributed by atoms with E-state index in [0.29, 0.717) is 17.0 Å². The third-order valence-electron chi connectivity index (χ3n) is 2.90. The second kappa shape index (κ2) is 6.38. The zero-order valence-corrected chi connectivity index (χ0v) is 10.8. The molecule has 0 unspecified atom stereocenters. The fraction of sp³-hybridized carbons (Fsp3) is 0.909. The van der Waals surface area contributed by atoms with Gasteiger partial charge in [0.05, 0.1) is 5.75 Å². The zero-order chi connectivity index (χ0) is 11.3. The second-order valence-corrected chi connectivity index (χ2v) is 5.65. The van der Waals surface area contributed by atoms with Crippen LogP contribution in [0.5, 0.6) is 0 Å². The van der Waals surface area contributed by atoms with E-state index in [-0.39, 0.29) is 5.91 Å². The van der Waals surface area contributed by atoms with Crippen molar-refractivity contribution in [3.8, 4) is 0 Å². The lowest BCUT2D eigenvalue weighted by Crippen LogP contribution is -2.35. The smallest absolute Gasteiger partial charge is 0.232 e. The van der Waals surface area contributed by atoms with Crippen molar-refractivity contribution in [3.63, 3.8) is 0 Å². The Morgan fingerprint density at radius 2 is 2.07 bits per heavy atom. The van der Waals surface area contributed by atoms with E-state index in [1.165, 1.54) is 12.8 Å². The van der Waals surface area contributed by atoms with E-state index >= 15 is 0 Å². The summed E-state index contributed by atoms with van der Waals surface area (Å²) in [6.45, 7) is 6.30. The van der Waals surface area contributed by atoms with Crippen LogP contribution in [-0.2, 0) is 4.79 Å². The summed E-state index contributed by atoms with van der Waals surface area (Å²) >= 11 is 1.82. The first-order chi connectivity index (χ1) is 7.11. The molecule has 1 heterocycles. The molecule has 1 N–H and O–H groups in total. The van der Waals surface area contributed by atoms with Gasteiger partial charge in [-0.15, -0.1) is 11.8 Å². The second-order valence-electron chi connectivity index (χ2n) is 4.36. The van der Waals surface area contributed by atoms with E-state index in [2.05, 4.69) is 5.32 Å². The Morgan fingerprint density at radius 1 is 1.47 bits per heavy atom. The van der Waals surface area contributed by atoms with E-state index in [4.69, 9.17) is 0 Å². The van der Waals surface area contributed by atoms with E-state index < -0.39 is 0 Å². The van der Waals surface area contributed by atoms with Gasteiger partial charge in [-0.1, -0.05) is 0 Å². The van der Waals surface area contributed by atoms with Gasteiger partial charge in [0.25, 0.3) is 0 Å². The lowest BCUT2D eigenvalue weighted by Gasteiger charge is -2.25. The van der Waals surface area contributed by atoms with Crippen LogP contribution in [0.4, 0.5) is 0 Å². The van der Waals surface area contributed by atoms with E-state index in [9.17, 15) is 4.79 Å². The molecular weight excluding hydrogens is 208 g/mol. The van der Waals surface area contributed by atoms with Crippen molar-refractivity contribution in [1.29, 1.82) is 0 Å². The number of piperidine rings is 1. The fourth-order valence-corrected chi connectivity index (χ4v) is 2.69. The highest BCUT2D eigenvalue weighted by Gasteiger charge is 2.17.